The first kappa shape index (κ1) is 26.5. The van der Waals surface area contributed by atoms with Crippen molar-refractivity contribution in [2.45, 2.75) is 122 Å². The van der Waals surface area contributed by atoms with Gasteiger partial charge in [-0.2, -0.15) is 0 Å². The van der Waals surface area contributed by atoms with Crippen LogP contribution in [0.1, 0.15) is 128 Å². The molecule has 0 saturated heterocycles. The van der Waals surface area contributed by atoms with Gasteiger partial charge in [0.2, 0.25) is 0 Å². The summed E-state index contributed by atoms with van der Waals surface area (Å²) in [7, 11) is 0. The van der Waals surface area contributed by atoms with Crippen LogP contribution in [-0.4, -0.2) is 5.11 Å². The summed E-state index contributed by atoms with van der Waals surface area (Å²) in [6, 6.07) is 16.6. The fourth-order valence-corrected chi connectivity index (χ4v) is 4.95. The van der Waals surface area contributed by atoms with E-state index in [1.54, 1.807) is 0 Å². The Kier molecular flexibility index (Phi) is 13.9. The summed E-state index contributed by atoms with van der Waals surface area (Å²) < 4.78 is 0. The largest absolute Gasteiger partial charge is 0.507 e. The molecule has 2 aromatic rings. The Hall–Kier alpha value is -1.76. The number of aromatic hydroxyl groups is 1. The number of phenolic OH excluding ortho intramolecular Hbond substituents is 1. The Labute approximate surface area is 198 Å². The number of hydrogen-bond acceptors (Lipinski definition) is 1. The van der Waals surface area contributed by atoms with E-state index in [2.05, 4.69) is 44.2 Å². The van der Waals surface area contributed by atoms with Crippen LogP contribution in [0.25, 0.3) is 11.1 Å². The van der Waals surface area contributed by atoms with Gasteiger partial charge in [-0.1, -0.05) is 146 Å². The third-order valence-corrected chi connectivity index (χ3v) is 6.91. The molecule has 2 rings (SSSR count). The summed E-state index contributed by atoms with van der Waals surface area (Å²) in [6.45, 7) is 4.58. The third kappa shape index (κ3) is 9.80. The highest BCUT2D eigenvalue weighted by Crippen LogP contribution is 2.38. The van der Waals surface area contributed by atoms with Crippen molar-refractivity contribution in [2.75, 3.05) is 0 Å². The first-order chi connectivity index (χ1) is 15.8. The zero-order chi connectivity index (χ0) is 22.9. The van der Waals surface area contributed by atoms with Crippen molar-refractivity contribution in [3.05, 3.63) is 54.1 Å². The van der Waals surface area contributed by atoms with E-state index in [-0.39, 0.29) is 0 Å². The minimum atomic E-state index is 0.394. The van der Waals surface area contributed by atoms with Crippen LogP contribution in [0.3, 0.4) is 0 Å². The molecule has 178 valence electrons. The zero-order valence-corrected chi connectivity index (χ0v) is 21.0. The van der Waals surface area contributed by atoms with Crippen molar-refractivity contribution in [3.63, 3.8) is 0 Å². The molecule has 0 unspecified atom stereocenters. The molecule has 1 nitrogen and oxygen atoms in total. The van der Waals surface area contributed by atoms with Gasteiger partial charge in [0.15, 0.2) is 0 Å². The number of rotatable bonds is 18. The minimum Gasteiger partial charge on any atom is -0.507 e. The first-order valence-corrected chi connectivity index (χ1v) is 13.6. The highest BCUT2D eigenvalue weighted by Gasteiger charge is 2.17. The molecule has 0 heterocycles. The van der Waals surface area contributed by atoms with Crippen molar-refractivity contribution < 1.29 is 5.11 Å². The van der Waals surface area contributed by atoms with Crippen molar-refractivity contribution >= 4 is 0 Å². The lowest BCUT2D eigenvalue weighted by molar-refractivity contribution is 0.475. The molecule has 0 aliphatic rings. The third-order valence-electron chi connectivity index (χ3n) is 6.91. The van der Waals surface area contributed by atoms with Crippen molar-refractivity contribution in [3.8, 4) is 16.9 Å². The van der Waals surface area contributed by atoms with E-state index >= 15 is 0 Å². The van der Waals surface area contributed by atoms with Crippen LogP contribution < -0.4 is 0 Å². The fraction of sp³-hybridized carbons (Fsp3) is 0.613. The predicted octanol–water partition coefficient (Wildman–Crippen LogP) is 10.4. The number of unbranched alkanes of at least 4 members (excludes halogenated alkanes) is 12. The lowest BCUT2D eigenvalue weighted by atomic mass is 9.83. The van der Waals surface area contributed by atoms with Gasteiger partial charge < -0.3 is 5.11 Å². The maximum atomic E-state index is 10.5. The van der Waals surface area contributed by atoms with E-state index in [1.807, 2.05) is 18.2 Å². The molecule has 0 fully saturated rings. The monoisotopic (exact) mass is 436 g/mol. The summed E-state index contributed by atoms with van der Waals surface area (Å²) in [5.74, 6) is 0.989. The maximum Gasteiger partial charge on any atom is 0.123 e. The molecular weight excluding hydrogens is 388 g/mol. The molecule has 0 aliphatic heterocycles. The normalized spacial score (nSPS) is 11.3. The maximum absolute atomic E-state index is 10.5. The molecule has 0 aliphatic carbocycles. The lowest BCUT2D eigenvalue weighted by Gasteiger charge is -2.21. The number of phenols is 1. The highest BCUT2D eigenvalue weighted by molar-refractivity contribution is 5.73. The molecule has 32 heavy (non-hydrogen) atoms. The topological polar surface area (TPSA) is 20.2 Å². The van der Waals surface area contributed by atoms with Crippen LogP contribution in [0, 0.1) is 0 Å². The van der Waals surface area contributed by atoms with Gasteiger partial charge in [-0.05, 0) is 36.0 Å². The van der Waals surface area contributed by atoms with E-state index < -0.39 is 0 Å². The summed E-state index contributed by atoms with van der Waals surface area (Å²) >= 11 is 0. The first-order valence-electron chi connectivity index (χ1n) is 13.6. The van der Waals surface area contributed by atoms with Crippen LogP contribution >= 0.6 is 0 Å². The zero-order valence-electron chi connectivity index (χ0n) is 21.0. The van der Waals surface area contributed by atoms with Gasteiger partial charge in [-0.25, -0.2) is 0 Å². The SMILES string of the molecule is CCCCCCCCCC(CCCCCCCCC)c1ccccc1-c1ccccc1O. The Morgan fingerprint density at radius 1 is 0.531 bits per heavy atom. The molecule has 0 atom stereocenters. The Morgan fingerprint density at radius 3 is 1.50 bits per heavy atom. The molecule has 0 bridgehead atoms. The Bertz CT molecular complexity index is 702. The van der Waals surface area contributed by atoms with Crippen LogP contribution in [0.15, 0.2) is 48.5 Å². The molecule has 0 saturated carbocycles. The van der Waals surface area contributed by atoms with Gasteiger partial charge in [0.25, 0.3) is 0 Å². The number of para-hydroxylation sites is 1. The van der Waals surface area contributed by atoms with Gasteiger partial charge in [-0.15, -0.1) is 0 Å². The lowest BCUT2D eigenvalue weighted by Crippen LogP contribution is -2.02. The van der Waals surface area contributed by atoms with E-state index in [0.29, 0.717) is 11.7 Å². The predicted molar refractivity (Wildman–Crippen MR) is 142 cm³/mol. The van der Waals surface area contributed by atoms with Crippen LogP contribution in [0.4, 0.5) is 0 Å². The second kappa shape index (κ2) is 16.8. The minimum absolute atomic E-state index is 0.394. The second-order valence-electron chi connectivity index (χ2n) is 9.62. The van der Waals surface area contributed by atoms with Crippen molar-refractivity contribution in [1.82, 2.24) is 0 Å². The smallest absolute Gasteiger partial charge is 0.123 e. The van der Waals surface area contributed by atoms with Crippen LogP contribution in [-0.2, 0) is 0 Å². The summed E-state index contributed by atoms with van der Waals surface area (Å²) in [6.07, 6.45) is 21.7. The van der Waals surface area contributed by atoms with E-state index in [9.17, 15) is 5.11 Å². The van der Waals surface area contributed by atoms with Gasteiger partial charge in [0.05, 0.1) is 0 Å². The van der Waals surface area contributed by atoms with Gasteiger partial charge in [0.1, 0.15) is 5.75 Å². The van der Waals surface area contributed by atoms with Crippen LogP contribution in [0.2, 0.25) is 0 Å². The summed E-state index contributed by atoms with van der Waals surface area (Å²) in [5.41, 5.74) is 3.64. The van der Waals surface area contributed by atoms with Gasteiger partial charge in [0, 0.05) is 5.56 Å². The highest BCUT2D eigenvalue weighted by atomic mass is 16.3. The van der Waals surface area contributed by atoms with Gasteiger partial charge >= 0.3 is 0 Å². The van der Waals surface area contributed by atoms with Crippen molar-refractivity contribution in [1.29, 1.82) is 0 Å². The molecule has 0 amide bonds. The number of benzene rings is 2. The summed E-state index contributed by atoms with van der Waals surface area (Å²) in [4.78, 5) is 0. The molecule has 1 N–H and O–H groups in total. The molecule has 0 aromatic heterocycles. The number of hydrogen-bond donors (Lipinski definition) is 1. The average Bonchev–Trinajstić information content (AvgIpc) is 2.82. The molecule has 0 radical (unpaired) electrons. The van der Waals surface area contributed by atoms with Gasteiger partial charge in [-0.3, -0.25) is 0 Å². The van der Waals surface area contributed by atoms with E-state index in [4.69, 9.17) is 0 Å². The van der Waals surface area contributed by atoms with E-state index in [0.717, 1.165) is 5.56 Å². The molecule has 0 spiro atoms. The van der Waals surface area contributed by atoms with Crippen LogP contribution in [0.5, 0.6) is 5.75 Å². The van der Waals surface area contributed by atoms with E-state index in [1.165, 1.54) is 114 Å². The second-order valence-corrected chi connectivity index (χ2v) is 9.62. The molecule has 1 heteroatoms. The summed E-state index contributed by atoms with van der Waals surface area (Å²) in [5, 5.41) is 10.5. The Balaban J connectivity index is 2.00. The fourth-order valence-electron chi connectivity index (χ4n) is 4.95. The van der Waals surface area contributed by atoms with Crippen molar-refractivity contribution in [2.24, 2.45) is 0 Å². The Morgan fingerprint density at radius 2 is 0.969 bits per heavy atom. The molecular formula is C31H48O. The standard InChI is InChI=1S/C31H48O/c1-3-5-7-9-11-13-15-21-27(22-16-14-12-10-8-6-4-2)28-23-17-18-24-29(28)30-25-19-20-26-31(30)32/h17-20,23-27,32H,3-16,21-22H2,1-2H3. The molecule has 2 aromatic carbocycles. The quantitative estimate of drug-likeness (QED) is 0.230. The average molecular weight is 437 g/mol.